The molecule has 0 unspecified atom stereocenters. The summed E-state index contributed by atoms with van der Waals surface area (Å²) in [7, 11) is -2.65. The van der Waals surface area contributed by atoms with Crippen molar-refractivity contribution in [2.45, 2.75) is 24.7 Å². The molecule has 0 aliphatic carbocycles. The third-order valence-electron chi connectivity index (χ3n) is 4.75. The summed E-state index contributed by atoms with van der Waals surface area (Å²) in [5.41, 5.74) is 1.47. The van der Waals surface area contributed by atoms with Crippen LogP contribution in [0, 0.1) is 18.3 Å². The Morgan fingerprint density at radius 2 is 1.77 bits per heavy atom. The van der Waals surface area contributed by atoms with E-state index in [9.17, 15) is 18.5 Å². The maximum atomic E-state index is 12.5. The van der Waals surface area contributed by atoms with Crippen molar-refractivity contribution >= 4 is 22.1 Å². The van der Waals surface area contributed by atoms with Crippen molar-refractivity contribution < 1.29 is 22.1 Å². The number of carbonyl (C=O) groups is 1. The number of hydrogen-bond donors (Lipinski definition) is 0. The summed E-state index contributed by atoms with van der Waals surface area (Å²) >= 11 is 0. The van der Waals surface area contributed by atoms with Crippen LogP contribution in [-0.2, 0) is 14.9 Å². The molecule has 0 saturated carbocycles. The molecule has 2 aromatic rings. The quantitative estimate of drug-likeness (QED) is 0.399. The van der Waals surface area contributed by atoms with Gasteiger partial charge in [0.15, 0.2) is 11.5 Å². The van der Waals surface area contributed by atoms with Crippen molar-refractivity contribution in [1.29, 1.82) is 5.26 Å². The molecule has 1 saturated heterocycles. The predicted molar refractivity (Wildman–Crippen MR) is 111 cm³/mol. The number of ether oxygens (including phenoxy) is 1. The second kappa shape index (κ2) is 9.01. The van der Waals surface area contributed by atoms with E-state index in [0.29, 0.717) is 18.7 Å². The lowest BCUT2D eigenvalue weighted by molar-refractivity contribution is -0.125. The van der Waals surface area contributed by atoms with Gasteiger partial charge >= 0.3 is 10.1 Å². The van der Waals surface area contributed by atoms with Gasteiger partial charge in [-0.2, -0.15) is 13.7 Å². The van der Waals surface area contributed by atoms with Crippen molar-refractivity contribution in [3.63, 3.8) is 0 Å². The minimum atomic E-state index is -4.04. The highest BCUT2D eigenvalue weighted by atomic mass is 32.2. The first-order chi connectivity index (χ1) is 14.3. The molecule has 3 rings (SSSR count). The maximum Gasteiger partial charge on any atom is 0.339 e. The van der Waals surface area contributed by atoms with Gasteiger partial charge in [-0.25, -0.2) is 0 Å². The highest BCUT2D eigenvalue weighted by Crippen LogP contribution is 2.31. The van der Waals surface area contributed by atoms with Crippen LogP contribution < -0.4 is 8.92 Å². The lowest BCUT2D eigenvalue weighted by Crippen LogP contribution is -2.28. The number of benzene rings is 2. The molecule has 1 fully saturated rings. The van der Waals surface area contributed by atoms with E-state index in [-0.39, 0.29) is 27.9 Å². The summed E-state index contributed by atoms with van der Waals surface area (Å²) in [4.78, 5) is 14.2. The van der Waals surface area contributed by atoms with E-state index >= 15 is 0 Å². The first kappa shape index (κ1) is 21.4. The van der Waals surface area contributed by atoms with Gasteiger partial charge in [-0.1, -0.05) is 23.8 Å². The highest BCUT2D eigenvalue weighted by Gasteiger charge is 2.22. The Hall–Kier alpha value is -3.31. The molecule has 1 amide bonds. The van der Waals surface area contributed by atoms with E-state index in [1.807, 2.05) is 13.0 Å². The molecule has 0 atom stereocenters. The average Bonchev–Trinajstić information content (AvgIpc) is 3.27. The standard InChI is InChI=1S/C22H22N2O5S/c1-16-5-8-19(9-6-16)30(26,27)29-20-10-7-17(14-21(20)28-2)13-18(15-23)22(25)24-11-3-4-12-24/h5-10,13-14H,3-4,11-12H2,1-2H3/b18-13+. The van der Waals surface area contributed by atoms with Gasteiger partial charge in [0, 0.05) is 13.1 Å². The second-order valence-corrected chi connectivity index (χ2v) is 8.48. The van der Waals surface area contributed by atoms with Gasteiger partial charge in [0.2, 0.25) is 0 Å². The van der Waals surface area contributed by atoms with Gasteiger partial charge in [0.25, 0.3) is 5.91 Å². The third-order valence-corrected chi connectivity index (χ3v) is 6.00. The fourth-order valence-electron chi connectivity index (χ4n) is 3.11. The van der Waals surface area contributed by atoms with E-state index in [2.05, 4.69) is 0 Å². The van der Waals surface area contributed by atoms with E-state index in [0.717, 1.165) is 18.4 Å². The molecule has 30 heavy (non-hydrogen) atoms. The van der Waals surface area contributed by atoms with E-state index in [4.69, 9.17) is 8.92 Å². The van der Waals surface area contributed by atoms with Crippen LogP contribution in [-0.4, -0.2) is 39.4 Å². The topological polar surface area (TPSA) is 96.7 Å². The fourth-order valence-corrected chi connectivity index (χ4v) is 4.05. The maximum absolute atomic E-state index is 12.5. The first-order valence-electron chi connectivity index (χ1n) is 9.44. The molecule has 1 aliphatic rings. The van der Waals surface area contributed by atoms with Crippen LogP contribution in [0.1, 0.15) is 24.0 Å². The Morgan fingerprint density at radius 1 is 1.10 bits per heavy atom. The van der Waals surface area contributed by atoms with Crippen LogP contribution in [0.25, 0.3) is 6.08 Å². The molecule has 156 valence electrons. The van der Waals surface area contributed by atoms with Gasteiger partial charge in [-0.15, -0.1) is 0 Å². The minimum Gasteiger partial charge on any atom is -0.493 e. The Kier molecular flexibility index (Phi) is 6.43. The molecule has 7 nitrogen and oxygen atoms in total. The van der Waals surface area contributed by atoms with Gasteiger partial charge < -0.3 is 13.8 Å². The predicted octanol–water partition coefficient (Wildman–Crippen LogP) is 3.30. The summed E-state index contributed by atoms with van der Waals surface area (Å²) in [6.07, 6.45) is 3.32. The summed E-state index contributed by atoms with van der Waals surface area (Å²) in [6, 6.07) is 12.8. The number of methoxy groups -OCH3 is 1. The summed E-state index contributed by atoms with van der Waals surface area (Å²) < 4.78 is 35.6. The Bertz CT molecular complexity index is 1110. The van der Waals surface area contributed by atoms with Crippen LogP contribution in [0.5, 0.6) is 11.5 Å². The minimum absolute atomic E-state index is 0.0135. The Morgan fingerprint density at radius 3 is 2.37 bits per heavy atom. The monoisotopic (exact) mass is 426 g/mol. The number of nitrogens with zero attached hydrogens (tertiary/aromatic N) is 2. The number of nitriles is 1. The zero-order chi connectivity index (χ0) is 21.7. The lowest BCUT2D eigenvalue weighted by Gasteiger charge is -2.14. The van der Waals surface area contributed by atoms with Crippen LogP contribution in [0.2, 0.25) is 0 Å². The molecule has 0 spiro atoms. The molecule has 0 radical (unpaired) electrons. The highest BCUT2D eigenvalue weighted by molar-refractivity contribution is 7.87. The third kappa shape index (κ3) is 4.81. The first-order valence-corrected chi connectivity index (χ1v) is 10.8. The Balaban J connectivity index is 1.86. The Labute approximate surface area is 176 Å². The molecule has 8 heteroatoms. The van der Waals surface area contributed by atoms with Crippen molar-refractivity contribution in [3.8, 4) is 17.6 Å². The summed E-state index contributed by atoms with van der Waals surface area (Å²) in [5.74, 6) is -0.124. The summed E-state index contributed by atoms with van der Waals surface area (Å²) in [5, 5.41) is 9.40. The molecular formula is C22H22N2O5S. The summed E-state index contributed by atoms with van der Waals surface area (Å²) in [6.45, 7) is 3.14. The van der Waals surface area contributed by atoms with E-state index in [1.165, 1.54) is 37.5 Å². The molecule has 1 aliphatic heterocycles. The van der Waals surface area contributed by atoms with Crippen LogP contribution in [0.3, 0.4) is 0 Å². The molecule has 0 N–H and O–H groups in total. The van der Waals surface area contributed by atoms with Crippen molar-refractivity contribution in [2.24, 2.45) is 0 Å². The largest absolute Gasteiger partial charge is 0.493 e. The van der Waals surface area contributed by atoms with E-state index in [1.54, 1.807) is 23.1 Å². The number of aryl methyl sites for hydroxylation is 1. The van der Waals surface area contributed by atoms with Crippen molar-refractivity contribution in [1.82, 2.24) is 4.90 Å². The van der Waals surface area contributed by atoms with Gasteiger partial charge in [0.1, 0.15) is 16.5 Å². The molecule has 1 heterocycles. The average molecular weight is 426 g/mol. The van der Waals surface area contributed by atoms with Crippen LogP contribution >= 0.6 is 0 Å². The molecule has 0 aromatic heterocycles. The van der Waals surface area contributed by atoms with Gasteiger partial charge in [-0.05, 0) is 55.7 Å². The lowest BCUT2D eigenvalue weighted by atomic mass is 10.1. The molecule has 2 aromatic carbocycles. The second-order valence-electron chi connectivity index (χ2n) is 6.93. The van der Waals surface area contributed by atoms with E-state index < -0.39 is 10.1 Å². The van der Waals surface area contributed by atoms with Crippen LogP contribution in [0.4, 0.5) is 0 Å². The SMILES string of the molecule is COc1cc(/C=C(\C#N)C(=O)N2CCCC2)ccc1OS(=O)(=O)c1ccc(C)cc1. The van der Waals surface area contributed by atoms with Crippen molar-refractivity contribution in [2.75, 3.05) is 20.2 Å². The number of amides is 1. The van der Waals surface area contributed by atoms with Crippen molar-refractivity contribution in [3.05, 3.63) is 59.2 Å². The number of hydrogen-bond acceptors (Lipinski definition) is 6. The fraction of sp³-hybridized carbons (Fsp3) is 0.273. The zero-order valence-electron chi connectivity index (χ0n) is 16.8. The number of rotatable bonds is 6. The van der Waals surface area contributed by atoms with Gasteiger partial charge in [0.05, 0.1) is 7.11 Å². The molecule has 0 bridgehead atoms. The number of carbonyl (C=O) groups excluding carboxylic acids is 1. The normalized spacial score (nSPS) is 14.3. The molecular weight excluding hydrogens is 404 g/mol. The zero-order valence-corrected chi connectivity index (χ0v) is 17.6. The van der Waals surface area contributed by atoms with Crippen LogP contribution in [0.15, 0.2) is 52.9 Å². The smallest absolute Gasteiger partial charge is 0.339 e. The number of likely N-dealkylation sites (tertiary alicyclic amines) is 1. The van der Waals surface area contributed by atoms with Gasteiger partial charge in [-0.3, -0.25) is 4.79 Å².